The molecule has 3 aliphatic rings. The number of pyridine rings is 1. The van der Waals surface area contributed by atoms with Crippen LogP contribution < -0.4 is 5.32 Å². The molecule has 1 saturated heterocycles. The summed E-state index contributed by atoms with van der Waals surface area (Å²) < 4.78 is 6.57. The molecule has 16 heteroatoms. The van der Waals surface area contributed by atoms with Crippen LogP contribution in [0.3, 0.4) is 0 Å². The van der Waals surface area contributed by atoms with Gasteiger partial charge in [-0.05, 0) is 47.8 Å². The van der Waals surface area contributed by atoms with Crippen molar-refractivity contribution in [2.24, 2.45) is 11.3 Å². The van der Waals surface area contributed by atoms with E-state index in [0.717, 1.165) is 24.8 Å². The summed E-state index contributed by atoms with van der Waals surface area (Å²) in [5.41, 5.74) is 1.92. The lowest BCUT2D eigenvalue weighted by molar-refractivity contribution is -0.0149. The van der Waals surface area contributed by atoms with Crippen molar-refractivity contribution in [1.29, 1.82) is 0 Å². The van der Waals surface area contributed by atoms with Gasteiger partial charge in [0.05, 0.1) is 76.2 Å². The second kappa shape index (κ2) is 9.48. The molecular formula is C21H39B9N4O3. The van der Waals surface area contributed by atoms with E-state index in [1.54, 1.807) is 6.20 Å². The van der Waals surface area contributed by atoms with Crippen molar-refractivity contribution in [2.45, 2.75) is 53.3 Å². The first-order valence-electron chi connectivity index (χ1n) is 13.9. The predicted octanol–water partition coefficient (Wildman–Crippen LogP) is -6.00. The van der Waals surface area contributed by atoms with Gasteiger partial charge in [-0.25, -0.2) is 9.59 Å². The summed E-state index contributed by atoms with van der Waals surface area (Å²) in [4.78, 5) is 34.3. The third-order valence-corrected chi connectivity index (χ3v) is 9.30. The summed E-state index contributed by atoms with van der Waals surface area (Å²) in [7, 11) is 19.6. The van der Waals surface area contributed by atoms with E-state index in [-0.39, 0.29) is 32.9 Å². The van der Waals surface area contributed by atoms with Gasteiger partial charge in [0.2, 0.25) is 0 Å². The van der Waals surface area contributed by atoms with Crippen LogP contribution in [0, 0.1) is 11.3 Å². The highest BCUT2D eigenvalue weighted by Crippen LogP contribution is 2.60. The molecule has 1 aromatic heterocycles. The molecule has 1 spiro atoms. The van der Waals surface area contributed by atoms with Gasteiger partial charge in [0.15, 0.2) is 0 Å². The molecule has 2 fully saturated rings. The van der Waals surface area contributed by atoms with Gasteiger partial charge in [0.1, 0.15) is 0 Å². The minimum absolute atomic E-state index is 0.00199. The third kappa shape index (κ3) is 5.15. The standard InChI is InChI=1S/C21H39B9N4O3/c22-19(23,24)18(20(25,26)27,21(28,29)30)37-16(36)33-5-2-17(3-6-33)7-14(17)9-32-15(35)34-10-12-1-4-31-8-13(12)11-34/h1,4,8,14H,2-3,5-7,9-11,22-30H2,(H,32,35). The number of urea groups is 1. The van der Waals surface area contributed by atoms with E-state index in [4.69, 9.17) is 4.74 Å². The number of aromatic nitrogens is 1. The summed E-state index contributed by atoms with van der Waals surface area (Å²) >= 11 is 0. The minimum Gasteiger partial charge on any atom is -0.448 e. The molecule has 4 rings (SSSR count). The van der Waals surface area contributed by atoms with E-state index in [1.807, 2.05) is 22.1 Å². The van der Waals surface area contributed by atoms with Gasteiger partial charge < -0.3 is 19.9 Å². The molecule has 1 N–H and O–H groups in total. The first-order chi connectivity index (χ1) is 17.0. The summed E-state index contributed by atoms with van der Waals surface area (Å²) in [5.74, 6) is 0.485. The largest absolute Gasteiger partial charge is 0.448 e. The lowest BCUT2D eigenvalue weighted by atomic mass is 9.13. The molecule has 0 radical (unpaired) electrons. The molecule has 0 bridgehead atoms. The van der Waals surface area contributed by atoms with E-state index in [2.05, 4.69) is 80.9 Å². The minimum atomic E-state index is -0.642. The highest BCUT2D eigenvalue weighted by Gasteiger charge is 2.60. The van der Waals surface area contributed by atoms with Crippen LogP contribution in [-0.2, 0) is 17.8 Å². The highest BCUT2D eigenvalue weighted by atomic mass is 16.6. The number of piperidine rings is 1. The number of nitrogens with one attached hydrogen (secondary N) is 1. The van der Waals surface area contributed by atoms with Crippen LogP contribution >= 0.6 is 0 Å². The Hall–Kier alpha value is -1.73. The second-order valence-electron chi connectivity index (χ2n) is 14.7. The van der Waals surface area contributed by atoms with Crippen molar-refractivity contribution in [2.75, 3.05) is 19.6 Å². The van der Waals surface area contributed by atoms with Crippen LogP contribution in [0.15, 0.2) is 18.5 Å². The zero-order valence-corrected chi connectivity index (χ0v) is 24.5. The van der Waals surface area contributed by atoms with Crippen LogP contribution in [0.1, 0.15) is 30.4 Å². The summed E-state index contributed by atoms with van der Waals surface area (Å²) in [6, 6.07) is 1.99. The molecule has 1 atom stereocenters. The molecule has 2 aliphatic heterocycles. The highest BCUT2D eigenvalue weighted by molar-refractivity contribution is 6.70. The average molecular weight is 493 g/mol. The molecule has 3 amide bonds. The number of amides is 3. The maximum Gasteiger partial charge on any atom is 0.410 e. The maximum absolute atomic E-state index is 13.6. The summed E-state index contributed by atoms with van der Waals surface area (Å²) in [5, 5.41) is 2.47. The van der Waals surface area contributed by atoms with Gasteiger partial charge >= 0.3 is 12.1 Å². The Labute approximate surface area is 230 Å². The van der Waals surface area contributed by atoms with Crippen molar-refractivity contribution in [3.05, 3.63) is 29.6 Å². The topological polar surface area (TPSA) is 74.8 Å². The van der Waals surface area contributed by atoms with Crippen LogP contribution in [0.25, 0.3) is 0 Å². The van der Waals surface area contributed by atoms with E-state index >= 15 is 0 Å². The Bertz CT molecular complexity index is 988. The predicted molar refractivity (Wildman–Crippen MR) is 172 cm³/mol. The molecule has 1 saturated carbocycles. The Morgan fingerprint density at radius 1 is 0.946 bits per heavy atom. The van der Waals surface area contributed by atoms with E-state index < -0.39 is 5.60 Å². The quantitative estimate of drug-likeness (QED) is 0.401. The second-order valence-corrected chi connectivity index (χ2v) is 14.7. The summed E-state index contributed by atoms with van der Waals surface area (Å²) in [6.07, 6.45) is 6.50. The van der Waals surface area contributed by atoms with E-state index in [9.17, 15) is 9.59 Å². The number of carbonyl (C=O) groups is 2. The fourth-order valence-corrected chi connectivity index (χ4v) is 8.18. The van der Waals surface area contributed by atoms with Gasteiger partial charge in [0, 0.05) is 45.1 Å². The van der Waals surface area contributed by atoms with Crippen molar-refractivity contribution in [1.82, 2.24) is 20.1 Å². The Morgan fingerprint density at radius 3 is 2.05 bits per heavy atom. The average Bonchev–Trinajstić information content (AvgIpc) is 3.24. The van der Waals surface area contributed by atoms with Gasteiger partial charge in [0.25, 0.3) is 0 Å². The molecule has 1 unspecified atom stereocenters. The van der Waals surface area contributed by atoms with Crippen LogP contribution in [0.4, 0.5) is 9.59 Å². The molecule has 0 aromatic carbocycles. The Kier molecular flexibility index (Phi) is 7.25. The molecule has 7 nitrogen and oxygen atoms in total. The lowest BCUT2D eigenvalue weighted by Gasteiger charge is -2.61. The van der Waals surface area contributed by atoms with Crippen molar-refractivity contribution in [3.8, 4) is 0 Å². The van der Waals surface area contributed by atoms with Gasteiger partial charge in [-0.3, -0.25) is 4.98 Å². The molecular weight excluding hydrogens is 454 g/mol. The first-order valence-corrected chi connectivity index (χ1v) is 13.9. The van der Waals surface area contributed by atoms with Crippen molar-refractivity contribution >= 4 is 82.7 Å². The number of fused-ring (bicyclic) bond motifs is 1. The van der Waals surface area contributed by atoms with Crippen molar-refractivity contribution in [3.63, 3.8) is 0 Å². The third-order valence-electron chi connectivity index (χ3n) is 9.30. The van der Waals surface area contributed by atoms with Crippen molar-refractivity contribution < 1.29 is 14.3 Å². The van der Waals surface area contributed by atoms with Gasteiger partial charge in [-0.15, -0.1) is 0 Å². The van der Waals surface area contributed by atoms with E-state index in [1.165, 1.54) is 5.56 Å². The van der Waals surface area contributed by atoms with E-state index in [0.29, 0.717) is 38.6 Å². The molecule has 1 aromatic rings. The monoisotopic (exact) mass is 494 g/mol. The fourth-order valence-electron chi connectivity index (χ4n) is 8.18. The zero-order chi connectivity index (χ0) is 27.4. The number of carbonyl (C=O) groups excluding carboxylic acids is 2. The Morgan fingerprint density at radius 2 is 1.51 bits per heavy atom. The molecule has 37 heavy (non-hydrogen) atoms. The number of hydrogen-bond acceptors (Lipinski definition) is 4. The van der Waals surface area contributed by atoms with Gasteiger partial charge in [-0.1, -0.05) is 15.3 Å². The van der Waals surface area contributed by atoms with Crippen LogP contribution in [0.2, 0.25) is 15.3 Å². The number of nitrogens with zero attached hydrogens (tertiary/aromatic N) is 3. The molecule has 3 heterocycles. The smallest absolute Gasteiger partial charge is 0.410 e. The first kappa shape index (κ1) is 28.3. The lowest BCUT2D eigenvalue weighted by Crippen LogP contribution is -2.66. The maximum atomic E-state index is 13.6. The number of hydrogen-bond donors (Lipinski definition) is 1. The molecule has 188 valence electrons. The SMILES string of the molecule is BC(B)(B)C(OC(=O)N1CCC2(CC1)CC2CNC(=O)N1Cc2ccncc2C1)(C(B)(B)B)C(B)(B)B. The normalized spacial score (nSPS) is 21.4. The zero-order valence-electron chi connectivity index (χ0n) is 24.5. The van der Waals surface area contributed by atoms with Crippen LogP contribution in [-0.4, -0.2) is 123 Å². The Balaban J connectivity index is 1.30. The number of rotatable bonds is 6. The molecule has 1 aliphatic carbocycles. The summed E-state index contributed by atoms with van der Waals surface area (Å²) in [6.45, 7) is 3.41. The fraction of sp³-hybridized carbons (Fsp3) is 0.667. The number of ether oxygens (including phenoxy) is 1. The van der Waals surface area contributed by atoms with Crippen LogP contribution in [0.5, 0.6) is 0 Å². The van der Waals surface area contributed by atoms with Gasteiger partial charge in [-0.2, -0.15) is 0 Å². The number of likely N-dealkylation sites (tertiary alicyclic amines) is 1.